The van der Waals surface area contributed by atoms with Crippen molar-refractivity contribution in [3.05, 3.63) is 29.8 Å². The third kappa shape index (κ3) is 3.78. The first-order chi connectivity index (χ1) is 11.5. The van der Waals surface area contributed by atoms with E-state index < -0.39 is 0 Å². The van der Waals surface area contributed by atoms with Crippen molar-refractivity contribution in [2.45, 2.75) is 51.6 Å². The topological polar surface area (TPSA) is 52.7 Å². The summed E-state index contributed by atoms with van der Waals surface area (Å²) in [6, 6.07) is 8.76. The summed E-state index contributed by atoms with van der Waals surface area (Å²) < 4.78 is 0. The van der Waals surface area contributed by atoms with E-state index in [9.17, 15) is 9.59 Å². The van der Waals surface area contributed by atoms with Crippen molar-refractivity contribution in [1.29, 1.82) is 0 Å². The number of carbonyl (C=O) groups is 2. The predicted molar refractivity (Wildman–Crippen MR) is 95.0 cm³/mol. The van der Waals surface area contributed by atoms with Crippen LogP contribution in [0.4, 0.5) is 5.69 Å². The van der Waals surface area contributed by atoms with Gasteiger partial charge in [0.15, 0.2) is 0 Å². The molecule has 1 aromatic carbocycles. The van der Waals surface area contributed by atoms with Crippen LogP contribution in [0.3, 0.4) is 0 Å². The smallest absolute Gasteiger partial charge is 0.227 e. The van der Waals surface area contributed by atoms with Gasteiger partial charge in [0.05, 0.1) is 0 Å². The maximum atomic E-state index is 12.5. The Hall–Kier alpha value is -1.88. The summed E-state index contributed by atoms with van der Waals surface area (Å²) in [5.74, 6) is 0.374. The van der Waals surface area contributed by atoms with Crippen LogP contribution in [0.25, 0.3) is 0 Å². The Labute approximate surface area is 144 Å². The predicted octanol–water partition coefficient (Wildman–Crippen LogP) is 1.95. The summed E-state index contributed by atoms with van der Waals surface area (Å²) in [5, 5.41) is 3.44. The molecule has 1 aromatic rings. The quantitative estimate of drug-likeness (QED) is 0.919. The Morgan fingerprint density at radius 1 is 1.17 bits per heavy atom. The maximum absolute atomic E-state index is 12.5. The normalized spacial score (nSPS) is 24.0. The van der Waals surface area contributed by atoms with E-state index >= 15 is 0 Å². The molecule has 2 aliphatic rings. The first kappa shape index (κ1) is 17.0. The minimum Gasteiger partial charge on any atom is -0.340 e. The number of carbonyl (C=O) groups excluding carboxylic acids is 2. The molecule has 1 saturated heterocycles. The lowest BCUT2D eigenvalue weighted by atomic mass is 10.0. The van der Waals surface area contributed by atoms with Gasteiger partial charge in [-0.3, -0.25) is 9.59 Å². The fourth-order valence-electron chi connectivity index (χ4n) is 3.82. The van der Waals surface area contributed by atoms with Gasteiger partial charge in [-0.05, 0) is 38.3 Å². The number of nitrogens with one attached hydrogen (secondary N) is 1. The molecule has 24 heavy (non-hydrogen) atoms. The highest BCUT2D eigenvalue weighted by Crippen LogP contribution is 2.27. The van der Waals surface area contributed by atoms with Crippen molar-refractivity contribution in [2.24, 2.45) is 0 Å². The molecule has 0 bridgehead atoms. The number of nitrogens with zero attached hydrogens (tertiary/aromatic N) is 2. The Morgan fingerprint density at radius 2 is 1.88 bits per heavy atom. The molecule has 2 atom stereocenters. The molecular formula is C19H27N3O2. The van der Waals surface area contributed by atoms with Gasteiger partial charge in [-0.2, -0.15) is 0 Å². The van der Waals surface area contributed by atoms with E-state index in [-0.39, 0.29) is 11.8 Å². The Balaban J connectivity index is 1.55. The number of rotatable bonds is 4. The summed E-state index contributed by atoms with van der Waals surface area (Å²) >= 11 is 0. The molecule has 2 amide bonds. The number of aryl methyl sites for hydroxylation is 1. The first-order valence-corrected chi connectivity index (χ1v) is 8.96. The molecule has 0 radical (unpaired) electrons. The molecule has 0 aromatic heterocycles. The second kappa shape index (κ2) is 7.34. The zero-order valence-electron chi connectivity index (χ0n) is 14.6. The fraction of sp³-hybridized carbons (Fsp3) is 0.579. The lowest BCUT2D eigenvalue weighted by Crippen LogP contribution is -2.55. The van der Waals surface area contributed by atoms with E-state index in [1.807, 2.05) is 28.0 Å². The van der Waals surface area contributed by atoms with Crippen LogP contribution in [-0.2, 0) is 16.0 Å². The Kier molecular flexibility index (Phi) is 5.19. The van der Waals surface area contributed by atoms with Gasteiger partial charge in [-0.1, -0.05) is 18.2 Å². The van der Waals surface area contributed by atoms with Gasteiger partial charge in [0.1, 0.15) is 0 Å². The number of para-hydroxylation sites is 1. The molecule has 130 valence electrons. The molecule has 0 saturated carbocycles. The number of hydrogen-bond donors (Lipinski definition) is 1. The summed E-state index contributed by atoms with van der Waals surface area (Å²) in [7, 11) is 0. The van der Waals surface area contributed by atoms with Gasteiger partial charge in [0, 0.05) is 50.2 Å². The van der Waals surface area contributed by atoms with Crippen molar-refractivity contribution in [3.8, 4) is 0 Å². The lowest BCUT2D eigenvalue weighted by Gasteiger charge is -2.36. The van der Waals surface area contributed by atoms with Crippen molar-refractivity contribution in [3.63, 3.8) is 0 Å². The molecule has 2 unspecified atom stereocenters. The molecular weight excluding hydrogens is 302 g/mol. The van der Waals surface area contributed by atoms with Gasteiger partial charge >= 0.3 is 0 Å². The van der Waals surface area contributed by atoms with Crippen LogP contribution in [0.5, 0.6) is 0 Å². The number of amides is 2. The van der Waals surface area contributed by atoms with E-state index in [1.165, 1.54) is 5.56 Å². The lowest BCUT2D eigenvalue weighted by molar-refractivity contribution is -0.133. The molecule has 2 heterocycles. The maximum Gasteiger partial charge on any atom is 0.227 e. The van der Waals surface area contributed by atoms with Gasteiger partial charge < -0.3 is 15.1 Å². The number of benzene rings is 1. The van der Waals surface area contributed by atoms with Crippen LogP contribution in [0, 0.1) is 0 Å². The minimum atomic E-state index is 0.172. The Bertz CT molecular complexity index is 606. The SMILES string of the molecule is CC1CN(C(=O)CCCN2C(=O)CCc3ccccc32)CC(C)N1. The van der Waals surface area contributed by atoms with Crippen molar-refractivity contribution in [1.82, 2.24) is 10.2 Å². The fourth-order valence-corrected chi connectivity index (χ4v) is 3.82. The highest BCUT2D eigenvalue weighted by Gasteiger charge is 2.26. The average molecular weight is 329 g/mol. The molecule has 3 rings (SSSR count). The third-order valence-electron chi connectivity index (χ3n) is 4.87. The van der Waals surface area contributed by atoms with Gasteiger partial charge in [0.25, 0.3) is 0 Å². The number of piperazine rings is 1. The van der Waals surface area contributed by atoms with Crippen molar-refractivity contribution < 1.29 is 9.59 Å². The summed E-state index contributed by atoms with van der Waals surface area (Å²) in [6.45, 7) is 6.39. The third-order valence-corrected chi connectivity index (χ3v) is 4.87. The van der Waals surface area contributed by atoms with Crippen molar-refractivity contribution >= 4 is 17.5 Å². The monoisotopic (exact) mass is 329 g/mol. The Morgan fingerprint density at radius 3 is 2.62 bits per heavy atom. The molecule has 1 fully saturated rings. The van der Waals surface area contributed by atoms with E-state index in [0.29, 0.717) is 37.9 Å². The van der Waals surface area contributed by atoms with Crippen LogP contribution in [0.15, 0.2) is 24.3 Å². The summed E-state index contributed by atoms with van der Waals surface area (Å²) in [6.07, 6.45) is 2.61. The standard InChI is InChI=1S/C19H27N3O2/c1-14-12-21(13-15(2)20-14)18(23)8-5-11-22-17-7-4-3-6-16(17)9-10-19(22)24/h3-4,6-7,14-15,20H,5,8-13H2,1-2H3. The molecule has 2 aliphatic heterocycles. The first-order valence-electron chi connectivity index (χ1n) is 8.96. The summed E-state index contributed by atoms with van der Waals surface area (Å²) in [5.41, 5.74) is 2.25. The van der Waals surface area contributed by atoms with Gasteiger partial charge in [0.2, 0.25) is 11.8 Å². The molecule has 5 nitrogen and oxygen atoms in total. The van der Waals surface area contributed by atoms with Crippen LogP contribution in [0.1, 0.15) is 38.7 Å². The zero-order chi connectivity index (χ0) is 17.1. The van der Waals surface area contributed by atoms with Gasteiger partial charge in [-0.25, -0.2) is 0 Å². The van der Waals surface area contributed by atoms with E-state index in [0.717, 1.165) is 25.2 Å². The van der Waals surface area contributed by atoms with Crippen LogP contribution in [0.2, 0.25) is 0 Å². The highest BCUT2D eigenvalue weighted by molar-refractivity contribution is 5.96. The molecule has 0 aliphatic carbocycles. The van der Waals surface area contributed by atoms with E-state index in [2.05, 4.69) is 25.2 Å². The highest BCUT2D eigenvalue weighted by atomic mass is 16.2. The second-order valence-corrected chi connectivity index (χ2v) is 7.05. The van der Waals surface area contributed by atoms with Crippen molar-refractivity contribution in [2.75, 3.05) is 24.5 Å². The molecule has 5 heteroatoms. The van der Waals surface area contributed by atoms with E-state index in [4.69, 9.17) is 0 Å². The average Bonchev–Trinajstić information content (AvgIpc) is 2.56. The van der Waals surface area contributed by atoms with Crippen LogP contribution >= 0.6 is 0 Å². The number of hydrogen-bond acceptors (Lipinski definition) is 3. The summed E-state index contributed by atoms with van der Waals surface area (Å²) in [4.78, 5) is 28.5. The van der Waals surface area contributed by atoms with Gasteiger partial charge in [-0.15, -0.1) is 0 Å². The molecule has 1 N–H and O–H groups in total. The van der Waals surface area contributed by atoms with Crippen LogP contribution < -0.4 is 10.2 Å². The minimum absolute atomic E-state index is 0.172. The number of anilines is 1. The largest absolute Gasteiger partial charge is 0.340 e. The van der Waals surface area contributed by atoms with E-state index in [1.54, 1.807) is 0 Å². The zero-order valence-corrected chi connectivity index (χ0v) is 14.6. The second-order valence-electron chi connectivity index (χ2n) is 7.05. The van der Waals surface area contributed by atoms with Crippen LogP contribution in [-0.4, -0.2) is 48.4 Å². The molecule has 0 spiro atoms. The number of fused-ring (bicyclic) bond motifs is 1.